The standard InChI is InChI=1S/C12H15ClN2O3/c1-8-4-5-9(15(17)18)6-10(8)14-11(16)12(2,3)7-13/h4-6H,7H2,1-3H3,(H,14,16). The topological polar surface area (TPSA) is 72.2 Å². The summed E-state index contributed by atoms with van der Waals surface area (Å²) in [5.41, 5.74) is 0.421. The highest BCUT2D eigenvalue weighted by atomic mass is 35.5. The Morgan fingerprint density at radius 2 is 2.11 bits per heavy atom. The lowest BCUT2D eigenvalue weighted by Gasteiger charge is -2.21. The molecule has 0 saturated carbocycles. The molecule has 1 amide bonds. The minimum atomic E-state index is -0.724. The van der Waals surface area contributed by atoms with Gasteiger partial charge < -0.3 is 5.32 Å². The van der Waals surface area contributed by atoms with Gasteiger partial charge in [-0.2, -0.15) is 0 Å². The van der Waals surface area contributed by atoms with Crippen molar-refractivity contribution in [2.75, 3.05) is 11.2 Å². The number of nitrogens with zero attached hydrogens (tertiary/aromatic N) is 1. The number of hydrogen-bond donors (Lipinski definition) is 1. The van der Waals surface area contributed by atoms with E-state index in [1.807, 2.05) is 0 Å². The Labute approximate surface area is 110 Å². The van der Waals surface area contributed by atoms with Crippen LogP contribution in [0.15, 0.2) is 18.2 Å². The summed E-state index contributed by atoms with van der Waals surface area (Å²) < 4.78 is 0. The van der Waals surface area contributed by atoms with Gasteiger partial charge in [-0.3, -0.25) is 14.9 Å². The van der Waals surface area contributed by atoms with E-state index in [0.29, 0.717) is 5.69 Å². The molecule has 0 aliphatic rings. The Bertz CT molecular complexity index is 486. The second-order valence-electron chi connectivity index (χ2n) is 4.73. The van der Waals surface area contributed by atoms with E-state index in [1.54, 1.807) is 26.8 Å². The number of anilines is 1. The Hall–Kier alpha value is -1.62. The van der Waals surface area contributed by atoms with Crippen LogP contribution in [0.2, 0.25) is 0 Å². The number of carbonyl (C=O) groups excluding carboxylic acids is 1. The van der Waals surface area contributed by atoms with Crippen LogP contribution in [0.3, 0.4) is 0 Å². The van der Waals surface area contributed by atoms with E-state index < -0.39 is 10.3 Å². The summed E-state index contributed by atoms with van der Waals surface area (Å²) in [6.45, 7) is 5.19. The molecule has 0 bridgehead atoms. The number of carbonyl (C=O) groups is 1. The fourth-order valence-corrected chi connectivity index (χ4v) is 1.33. The summed E-state index contributed by atoms with van der Waals surface area (Å²) in [6, 6.07) is 4.34. The van der Waals surface area contributed by atoms with Gasteiger partial charge in [0.1, 0.15) is 0 Å². The van der Waals surface area contributed by atoms with Crippen molar-refractivity contribution >= 4 is 28.9 Å². The Morgan fingerprint density at radius 3 is 2.61 bits per heavy atom. The molecule has 0 heterocycles. The molecule has 0 aromatic heterocycles. The zero-order chi connectivity index (χ0) is 13.9. The lowest BCUT2D eigenvalue weighted by atomic mass is 9.95. The molecule has 0 spiro atoms. The van der Waals surface area contributed by atoms with Crippen LogP contribution in [0.1, 0.15) is 19.4 Å². The second-order valence-corrected chi connectivity index (χ2v) is 5.00. The molecule has 0 aliphatic carbocycles. The Morgan fingerprint density at radius 1 is 1.50 bits per heavy atom. The monoisotopic (exact) mass is 270 g/mol. The van der Waals surface area contributed by atoms with Crippen molar-refractivity contribution < 1.29 is 9.72 Å². The van der Waals surface area contributed by atoms with Crippen molar-refractivity contribution in [1.82, 2.24) is 0 Å². The van der Waals surface area contributed by atoms with Crippen molar-refractivity contribution in [2.45, 2.75) is 20.8 Å². The van der Waals surface area contributed by atoms with Crippen LogP contribution in [-0.2, 0) is 4.79 Å². The second kappa shape index (κ2) is 5.35. The molecule has 0 atom stereocenters. The highest BCUT2D eigenvalue weighted by Crippen LogP contribution is 2.25. The normalized spacial score (nSPS) is 11.1. The van der Waals surface area contributed by atoms with E-state index in [-0.39, 0.29) is 17.5 Å². The van der Waals surface area contributed by atoms with E-state index in [2.05, 4.69) is 5.32 Å². The number of nitro groups is 1. The van der Waals surface area contributed by atoms with Gasteiger partial charge in [0.15, 0.2) is 0 Å². The molecule has 0 saturated heterocycles. The van der Waals surface area contributed by atoms with E-state index in [1.165, 1.54) is 12.1 Å². The molecule has 1 N–H and O–H groups in total. The first-order valence-corrected chi connectivity index (χ1v) is 5.94. The SMILES string of the molecule is Cc1ccc([N+](=O)[O-])cc1NC(=O)C(C)(C)CCl. The van der Waals surface area contributed by atoms with Gasteiger partial charge in [0, 0.05) is 18.0 Å². The molecule has 5 nitrogen and oxygen atoms in total. The molecule has 0 aliphatic heterocycles. The number of nitro benzene ring substituents is 1. The van der Waals surface area contributed by atoms with Crippen molar-refractivity contribution in [3.8, 4) is 0 Å². The van der Waals surface area contributed by atoms with Crippen LogP contribution < -0.4 is 5.32 Å². The minimum Gasteiger partial charge on any atom is -0.325 e. The molecule has 1 rings (SSSR count). The number of amides is 1. The maximum atomic E-state index is 11.9. The third kappa shape index (κ3) is 3.20. The smallest absolute Gasteiger partial charge is 0.271 e. The number of non-ortho nitro benzene ring substituents is 1. The molecule has 0 radical (unpaired) electrons. The summed E-state index contributed by atoms with van der Waals surface area (Å²) in [5, 5.41) is 13.3. The Kier molecular flexibility index (Phi) is 4.29. The first-order chi connectivity index (χ1) is 8.27. The van der Waals surface area contributed by atoms with Crippen molar-refractivity contribution in [2.24, 2.45) is 5.41 Å². The number of aryl methyl sites for hydroxylation is 1. The van der Waals surface area contributed by atoms with Crippen LogP contribution in [0.25, 0.3) is 0 Å². The molecule has 0 fully saturated rings. The van der Waals surface area contributed by atoms with Gasteiger partial charge in [0.2, 0.25) is 5.91 Å². The van der Waals surface area contributed by atoms with Gasteiger partial charge >= 0.3 is 0 Å². The maximum Gasteiger partial charge on any atom is 0.271 e. The van der Waals surface area contributed by atoms with Crippen LogP contribution in [0.4, 0.5) is 11.4 Å². The average Bonchev–Trinajstić information content (AvgIpc) is 2.31. The van der Waals surface area contributed by atoms with Crippen molar-refractivity contribution in [1.29, 1.82) is 0 Å². The molecule has 98 valence electrons. The number of halogens is 1. The summed E-state index contributed by atoms with van der Waals surface area (Å²) in [4.78, 5) is 22.1. The predicted molar refractivity (Wildman–Crippen MR) is 71.0 cm³/mol. The minimum absolute atomic E-state index is 0.0559. The van der Waals surface area contributed by atoms with Crippen LogP contribution in [0, 0.1) is 22.5 Å². The first-order valence-electron chi connectivity index (χ1n) is 5.40. The molecule has 1 aromatic carbocycles. The molecular formula is C12H15ClN2O3. The summed E-state index contributed by atoms with van der Waals surface area (Å²) in [5.74, 6) is -0.0895. The number of rotatable bonds is 4. The third-order valence-corrected chi connectivity index (χ3v) is 3.30. The van der Waals surface area contributed by atoms with Crippen molar-refractivity contribution in [3.05, 3.63) is 33.9 Å². The van der Waals surface area contributed by atoms with Crippen LogP contribution in [-0.4, -0.2) is 16.7 Å². The quantitative estimate of drug-likeness (QED) is 0.519. The maximum absolute atomic E-state index is 11.9. The molecular weight excluding hydrogens is 256 g/mol. The molecule has 0 unspecified atom stereocenters. The highest BCUT2D eigenvalue weighted by molar-refractivity contribution is 6.20. The zero-order valence-electron chi connectivity index (χ0n) is 10.5. The van der Waals surface area contributed by atoms with Gasteiger partial charge in [-0.1, -0.05) is 6.07 Å². The lowest BCUT2D eigenvalue weighted by Crippen LogP contribution is -2.32. The van der Waals surface area contributed by atoms with Gasteiger partial charge in [-0.05, 0) is 26.3 Å². The van der Waals surface area contributed by atoms with Crippen LogP contribution in [0.5, 0.6) is 0 Å². The predicted octanol–water partition coefficient (Wildman–Crippen LogP) is 3.11. The summed E-state index contributed by atoms with van der Waals surface area (Å²) >= 11 is 5.71. The fraction of sp³-hybridized carbons (Fsp3) is 0.417. The zero-order valence-corrected chi connectivity index (χ0v) is 11.2. The van der Waals surface area contributed by atoms with Gasteiger partial charge in [-0.25, -0.2) is 0 Å². The fourth-order valence-electron chi connectivity index (χ4n) is 1.21. The summed E-state index contributed by atoms with van der Waals surface area (Å²) in [6.07, 6.45) is 0. The Balaban J connectivity index is 3.01. The van der Waals surface area contributed by atoms with Crippen molar-refractivity contribution in [3.63, 3.8) is 0 Å². The van der Waals surface area contributed by atoms with Gasteiger partial charge in [0.05, 0.1) is 16.0 Å². The molecule has 18 heavy (non-hydrogen) atoms. The number of alkyl halides is 1. The first kappa shape index (κ1) is 14.4. The van der Waals surface area contributed by atoms with Gasteiger partial charge in [-0.15, -0.1) is 11.6 Å². The largest absolute Gasteiger partial charge is 0.325 e. The van der Waals surface area contributed by atoms with E-state index in [0.717, 1.165) is 5.56 Å². The number of benzene rings is 1. The van der Waals surface area contributed by atoms with E-state index >= 15 is 0 Å². The molecule has 1 aromatic rings. The number of nitrogens with one attached hydrogen (secondary N) is 1. The molecule has 6 heteroatoms. The lowest BCUT2D eigenvalue weighted by molar-refractivity contribution is -0.384. The average molecular weight is 271 g/mol. The van der Waals surface area contributed by atoms with E-state index in [9.17, 15) is 14.9 Å². The van der Waals surface area contributed by atoms with Gasteiger partial charge in [0.25, 0.3) is 5.69 Å². The summed E-state index contributed by atoms with van der Waals surface area (Å²) in [7, 11) is 0. The van der Waals surface area contributed by atoms with E-state index in [4.69, 9.17) is 11.6 Å². The van der Waals surface area contributed by atoms with Crippen LogP contribution >= 0.6 is 11.6 Å². The number of hydrogen-bond acceptors (Lipinski definition) is 3. The third-order valence-electron chi connectivity index (χ3n) is 2.63. The highest BCUT2D eigenvalue weighted by Gasteiger charge is 2.27.